The van der Waals surface area contributed by atoms with Gasteiger partial charge in [-0.25, -0.2) is 4.79 Å². The van der Waals surface area contributed by atoms with E-state index >= 15 is 0 Å². The fourth-order valence-electron chi connectivity index (χ4n) is 5.57. The molecule has 0 radical (unpaired) electrons. The monoisotopic (exact) mass is 588 g/mol. The molecule has 226 valence electrons. The van der Waals surface area contributed by atoms with Crippen LogP contribution in [0.4, 0.5) is 11.4 Å². The molecule has 4 unspecified atom stereocenters. The average Bonchev–Trinajstić information content (AvgIpc) is 2.98. The lowest BCUT2D eigenvalue weighted by atomic mass is 9.61. The predicted octanol–water partition coefficient (Wildman–Crippen LogP) is 4.59. The van der Waals surface area contributed by atoms with E-state index in [1.165, 1.54) is 26.2 Å². The zero-order valence-corrected chi connectivity index (χ0v) is 24.6. The van der Waals surface area contributed by atoms with Crippen LogP contribution in [0.3, 0.4) is 0 Å². The van der Waals surface area contributed by atoms with Gasteiger partial charge in [0.15, 0.2) is 0 Å². The van der Waals surface area contributed by atoms with Gasteiger partial charge in [0.05, 0.1) is 48.8 Å². The molecule has 10 heteroatoms. The van der Waals surface area contributed by atoms with Crippen LogP contribution in [0.2, 0.25) is 0 Å². The van der Waals surface area contributed by atoms with Gasteiger partial charge in [0, 0.05) is 12.3 Å². The highest BCUT2D eigenvalue weighted by Gasteiger charge is 2.56. The highest BCUT2D eigenvalue weighted by molar-refractivity contribution is 6.11. The van der Waals surface area contributed by atoms with Crippen LogP contribution in [0, 0.1) is 11.8 Å². The number of ether oxygens (including phenoxy) is 3. The molecular weight excluding hydrogens is 552 g/mol. The summed E-state index contributed by atoms with van der Waals surface area (Å²) in [6.45, 7) is 5.77. The Morgan fingerprint density at radius 2 is 1.35 bits per heavy atom. The summed E-state index contributed by atoms with van der Waals surface area (Å²) in [5.41, 5.74) is -0.400. The largest absolute Gasteiger partial charge is 0.492 e. The molecule has 0 heterocycles. The van der Waals surface area contributed by atoms with Crippen LogP contribution in [-0.2, 0) is 19.1 Å². The minimum absolute atomic E-state index is 0.249. The molecule has 1 saturated carbocycles. The van der Waals surface area contributed by atoms with E-state index in [9.17, 15) is 24.3 Å². The number of amides is 2. The molecule has 0 aliphatic heterocycles. The van der Waals surface area contributed by atoms with Gasteiger partial charge in [0.25, 0.3) is 0 Å². The van der Waals surface area contributed by atoms with Gasteiger partial charge in [-0.05, 0) is 62.7 Å². The summed E-state index contributed by atoms with van der Waals surface area (Å²) < 4.78 is 16.1. The van der Waals surface area contributed by atoms with E-state index in [1.54, 1.807) is 60.7 Å². The zero-order valence-electron chi connectivity index (χ0n) is 24.6. The van der Waals surface area contributed by atoms with Crippen LogP contribution in [-0.4, -0.2) is 54.6 Å². The Bertz CT molecular complexity index is 1480. The molecule has 4 atom stereocenters. The maximum absolute atomic E-state index is 14.1. The first-order valence-corrected chi connectivity index (χ1v) is 14.1. The zero-order chi connectivity index (χ0) is 31.1. The first-order valence-electron chi connectivity index (χ1n) is 14.1. The topological polar surface area (TPSA) is 140 Å². The standard InChI is InChI=1S/C33H36N2O8/c1-5-42-25-13-9-7-11-22(25)34-30(37)28-24(36)19-33(3,40)29(27(28)20-15-17-21(18-16-20)32(39)41-4)31(38)35-23-12-8-10-14-26(23)43-6-2/h7-18,27-29,40H,5-6,19H2,1-4H3,(H,34,37)(H,35,38). The normalized spacial score (nSPS) is 21.4. The van der Waals surface area contributed by atoms with Gasteiger partial charge in [0.2, 0.25) is 11.8 Å². The smallest absolute Gasteiger partial charge is 0.337 e. The third-order valence-electron chi connectivity index (χ3n) is 7.44. The maximum atomic E-state index is 14.1. The maximum Gasteiger partial charge on any atom is 0.337 e. The Kier molecular flexibility index (Phi) is 9.82. The third-order valence-corrected chi connectivity index (χ3v) is 7.44. The van der Waals surface area contributed by atoms with Crippen molar-refractivity contribution in [1.82, 2.24) is 0 Å². The van der Waals surface area contributed by atoms with Gasteiger partial charge in [-0.2, -0.15) is 0 Å². The molecule has 0 saturated heterocycles. The molecule has 2 amide bonds. The number of nitrogens with one attached hydrogen (secondary N) is 2. The van der Waals surface area contributed by atoms with Crippen LogP contribution >= 0.6 is 0 Å². The number of hydrogen-bond donors (Lipinski definition) is 3. The van der Waals surface area contributed by atoms with Crippen LogP contribution in [0.1, 0.15) is 49.0 Å². The Morgan fingerprint density at radius 1 is 0.837 bits per heavy atom. The molecule has 0 aromatic heterocycles. The van der Waals surface area contributed by atoms with E-state index in [1.807, 2.05) is 13.8 Å². The number of carbonyl (C=O) groups excluding carboxylic acids is 4. The average molecular weight is 589 g/mol. The molecule has 3 N–H and O–H groups in total. The van der Waals surface area contributed by atoms with Crippen molar-refractivity contribution in [3.05, 3.63) is 83.9 Å². The quantitative estimate of drug-likeness (QED) is 0.231. The van der Waals surface area contributed by atoms with Gasteiger partial charge in [-0.3, -0.25) is 14.4 Å². The molecule has 4 rings (SSSR count). The SMILES string of the molecule is CCOc1ccccc1NC(=O)C1C(=O)CC(C)(O)C(C(=O)Nc2ccccc2OCC)C1c1ccc(C(=O)OC)cc1. The number of Topliss-reactive ketones (excluding diaryl/α,β-unsaturated/α-hetero) is 1. The first kappa shape index (κ1) is 31.2. The van der Waals surface area contributed by atoms with E-state index in [-0.39, 0.29) is 5.56 Å². The number of rotatable bonds is 10. The van der Waals surface area contributed by atoms with E-state index in [2.05, 4.69) is 10.6 Å². The highest BCUT2D eigenvalue weighted by Crippen LogP contribution is 2.47. The highest BCUT2D eigenvalue weighted by atomic mass is 16.5. The second kappa shape index (κ2) is 13.5. The van der Waals surface area contributed by atoms with E-state index in [0.29, 0.717) is 41.7 Å². The molecule has 1 fully saturated rings. The Balaban J connectivity index is 1.79. The predicted molar refractivity (Wildman–Crippen MR) is 160 cm³/mol. The number of methoxy groups -OCH3 is 1. The number of hydrogen-bond acceptors (Lipinski definition) is 8. The van der Waals surface area contributed by atoms with E-state index in [4.69, 9.17) is 14.2 Å². The van der Waals surface area contributed by atoms with Crippen LogP contribution in [0.25, 0.3) is 0 Å². The number of ketones is 1. The molecule has 10 nitrogen and oxygen atoms in total. The molecule has 43 heavy (non-hydrogen) atoms. The van der Waals surface area contributed by atoms with Gasteiger partial charge in [-0.1, -0.05) is 36.4 Å². The van der Waals surface area contributed by atoms with E-state index in [0.717, 1.165) is 0 Å². The fourth-order valence-corrected chi connectivity index (χ4v) is 5.57. The molecule has 1 aliphatic rings. The van der Waals surface area contributed by atoms with Crippen molar-refractivity contribution < 1.29 is 38.5 Å². The number of benzene rings is 3. The minimum Gasteiger partial charge on any atom is -0.492 e. The van der Waals surface area contributed by atoms with Crippen molar-refractivity contribution in [2.24, 2.45) is 11.8 Å². The van der Waals surface area contributed by atoms with Crippen molar-refractivity contribution in [3.63, 3.8) is 0 Å². The van der Waals surface area contributed by atoms with Crippen LogP contribution in [0.15, 0.2) is 72.8 Å². The molecule has 3 aromatic rings. The summed E-state index contributed by atoms with van der Waals surface area (Å²) in [5, 5.41) is 17.3. The molecule has 3 aromatic carbocycles. The van der Waals surface area contributed by atoms with Crippen LogP contribution in [0.5, 0.6) is 11.5 Å². The number of esters is 1. The van der Waals surface area contributed by atoms with Gasteiger partial charge >= 0.3 is 5.97 Å². The summed E-state index contributed by atoms with van der Waals surface area (Å²) in [4.78, 5) is 53.7. The second-order valence-corrected chi connectivity index (χ2v) is 10.4. The second-order valence-electron chi connectivity index (χ2n) is 10.4. The summed E-state index contributed by atoms with van der Waals surface area (Å²) in [7, 11) is 1.26. The first-order chi connectivity index (χ1) is 20.6. The van der Waals surface area contributed by atoms with Crippen LogP contribution < -0.4 is 20.1 Å². The van der Waals surface area contributed by atoms with Gasteiger partial charge < -0.3 is 30.0 Å². The summed E-state index contributed by atoms with van der Waals surface area (Å²) in [6.07, 6.45) is -0.430. The lowest BCUT2D eigenvalue weighted by molar-refractivity contribution is -0.150. The lowest BCUT2D eigenvalue weighted by Gasteiger charge is -2.44. The Labute approximate surface area is 250 Å². The minimum atomic E-state index is -1.81. The fraction of sp³-hybridized carbons (Fsp3) is 0.333. The van der Waals surface area contributed by atoms with Gasteiger partial charge in [-0.15, -0.1) is 0 Å². The molecule has 0 bridgehead atoms. The molecular formula is C33H36N2O8. The Hall–Kier alpha value is -4.70. The van der Waals surface area contributed by atoms with Crippen molar-refractivity contribution in [2.45, 2.75) is 38.7 Å². The summed E-state index contributed by atoms with van der Waals surface area (Å²) in [6, 6.07) is 19.8. The number of para-hydroxylation sites is 4. The molecule has 1 aliphatic carbocycles. The Morgan fingerprint density at radius 3 is 1.86 bits per heavy atom. The third kappa shape index (κ3) is 6.86. The van der Waals surface area contributed by atoms with Crippen molar-refractivity contribution in [3.8, 4) is 11.5 Å². The van der Waals surface area contributed by atoms with Crippen molar-refractivity contribution >= 4 is 34.9 Å². The van der Waals surface area contributed by atoms with Crippen molar-refractivity contribution in [1.29, 1.82) is 0 Å². The number of anilines is 2. The number of carbonyl (C=O) groups is 4. The summed E-state index contributed by atoms with van der Waals surface area (Å²) in [5.74, 6) is -5.18. The summed E-state index contributed by atoms with van der Waals surface area (Å²) >= 11 is 0. The van der Waals surface area contributed by atoms with Crippen molar-refractivity contribution in [2.75, 3.05) is 31.0 Å². The lowest BCUT2D eigenvalue weighted by Crippen LogP contribution is -2.56. The molecule has 0 spiro atoms. The number of aliphatic hydroxyl groups is 1. The van der Waals surface area contributed by atoms with E-state index < -0.39 is 53.3 Å². The van der Waals surface area contributed by atoms with Gasteiger partial charge in [0.1, 0.15) is 23.2 Å².